The molecule has 3 heterocycles. The summed E-state index contributed by atoms with van der Waals surface area (Å²) >= 11 is 6.24. The molecule has 0 N–H and O–H groups in total. The number of furan rings is 1. The summed E-state index contributed by atoms with van der Waals surface area (Å²) in [5.74, 6) is 2.83. The number of imidazole rings is 1. The van der Waals surface area contributed by atoms with Crippen molar-refractivity contribution in [3.05, 3.63) is 35.8 Å². The highest BCUT2D eigenvalue weighted by atomic mass is 35.5. The van der Waals surface area contributed by atoms with Crippen LogP contribution < -0.4 is 4.74 Å². The van der Waals surface area contributed by atoms with Gasteiger partial charge in [0.1, 0.15) is 23.7 Å². The van der Waals surface area contributed by atoms with Gasteiger partial charge >= 0.3 is 0 Å². The standard InChI is InChI=1S/C14H15ClN4O2/c1-8-4-5-10(21-8)6-19-12(9(2)15)18-11-13(19)16-7-17-14(11)20-3/h4-5,7,9H,6H2,1-3H3. The third-order valence-electron chi connectivity index (χ3n) is 3.19. The van der Waals surface area contributed by atoms with Crippen LogP contribution in [0.1, 0.15) is 29.6 Å². The molecule has 7 heteroatoms. The molecule has 3 aromatic heterocycles. The molecule has 0 bridgehead atoms. The smallest absolute Gasteiger partial charge is 0.245 e. The normalized spacial score (nSPS) is 12.8. The lowest BCUT2D eigenvalue weighted by Crippen LogP contribution is -2.06. The third kappa shape index (κ3) is 2.47. The first-order valence-corrected chi connectivity index (χ1v) is 6.98. The molecule has 21 heavy (non-hydrogen) atoms. The first-order chi connectivity index (χ1) is 10.1. The number of ether oxygens (including phenoxy) is 1. The van der Waals surface area contributed by atoms with Gasteiger partial charge in [0, 0.05) is 0 Å². The molecule has 0 saturated heterocycles. The van der Waals surface area contributed by atoms with Crippen molar-refractivity contribution in [3.8, 4) is 5.88 Å². The number of nitrogens with zero attached hydrogens (tertiary/aromatic N) is 4. The SMILES string of the molecule is COc1ncnc2c1nc(C(C)Cl)n2Cc1ccc(C)o1. The van der Waals surface area contributed by atoms with Crippen molar-refractivity contribution in [1.29, 1.82) is 0 Å². The predicted molar refractivity (Wildman–Crippen MR) is 78.7 cm³/mol. The number of rotatable bonds is 4. The average Bonchev–Trinajstić information content (AvgIpc) is 3.03. The van der Waals surface area contributed by atoms with E-state index in [2.05, 4.69) is 15.0 Å². The Hall–Kier alpha value is -2.08. The van der Waals surface area contributed by atoms with E-state index in [0.717, 1.165) is 11.5 Å². The van der Waals surface area contributed by atoms with Gasteiger partial charge in [-0.25, -0.2) is 9.97 Å². The van der Waals surface area contributed by atoms with Gasteiger partial charge in [0.15, 0.2) is 11.2 Å². The molecule has 0 aliphatic heterocycles. The zero-order valence-corrected chi connectivity index (χ0v) is 12.8. The van der Waals surface area contributed by atoms with Gasteiger partial charge in [0.25, 0.3) is 0 Å². The number of fused-ring (bicyclic) bond motifs is 1. The second kappa shape index (κ2) is 5.37. The maximum atomic E-state index is 6.24. The molecule has 0 saturated carbocycles. The molecule has 0 amide bonds. The van der Waals surface area contributed by atoms with Crippen molar-refractivity contribution in [1.82, 2.24) is 19.5 Å². The highest BCUT2D eigenvalue weighted by Gasteiger charge is 2.20. The molecule has 0 aliphatic carbocycles. The molecule has 3 rings (SSSR count). The van der Waals surface area contributed by atoms with Gasteiger partial charge in [-0.1, -0.05) is 0 Å². The fourth-order valence-electron chi connectivity index (χ4n) is 2.27. The van der Waals surface area contributed by atoms with Crippen LogP contribution in [0.5, 0.6) is 5.88 Å². The summed E-state index contributed by atoms with van der Waals surface area (Å²) in [4.78, 5) is 12.9. The van der Waals surface area contributed by atoms with Crippen molar-refractivity contribution >= 4 is 22.8 Å². The monoisotopic (exact) mass is 306 g/mol. The van der Waals surface area contributed by atoms with Crippen LogP contribution in [0.25, 0.3) is 11.2 Å². The molecule has 6 nitrogen and oxygen atoms in total. The minimum Gasteiger partial charge on any atom is -0.479 e. The van der Waals surface area contributed by atoms with Gasteiger partial charge < -0.3 is 13.7 Å². The van der Waals surface area contributed by atoms with Gasteiger partial charge in [0.05, 0.1) is 19.0 Å². The van der Waals surface area contributed by atoms with E-state index in [1.54, 1.807) is 7.11 Å². The number of aromatic nitrogens is 4. The van der Waals surface area contributed by atoms with Gasteiger partial charge in [-0.05, 0) is 26.0 Å². The molecule has 0 radical (unpaired) electrons. The van der Waals surface area contributed by atoms with Crippen LogP contribution in [-0.4, -0.2) is 26.6 Å². The number of methoxy groups -OCH3 is 1. The molecule has 3 aromatic rings. The fourth-order valence-corrected chi connectivity index (χ4v) is 2.43. The third-order valence-corrected chi connectivity index (χ3v) is 3.38. The second-order valence-corrected chi connectivity index (χ2v) is 5.39. The van der Waals surface area contributed by atoms with Crippen LogP contribution in [0.15, 0.2) is 22.9 Å². The van der Waals surface area contributed by atoms with Gasteiger partial charge in [-0.3, -0.25) is 0 Å². The molecular formula is C14H15ClN4O2. The van der Waals surface area contributed by atoms with Gasteiger partial charge in [0.2, 0.25) is 5.88 Å². The minimum absolute atomic E-state index is 0.264. The van der Waals surface area contributed by atoms with Gasteiger partial charge in [-0.15, -0.1) is 11.6 Å². The van der Waals surface area contributed by atoms with Crippen molar-refractivity contribution in [2.24, 2.45) is 0 Å². The van der Waals surface area contributed by atoms with Crippen LogP contribution in [0, 0.1) is 6.92 Å². The molecule has 0 spiro atoms. The number of aryl methyl sites for hydroxylation is 1. The number of hydrogen-bond acceptors (Lipinski definition) is 5. The Balaban J connectivity index is 2.16. The summed E-state index contributed by atoms with van der Waals surface area (Å²) in [6, 6.07) is 3.86. The summed E-state index contributed by atoms with van der Waals surface area (Å²) in [6.45, 7) is 4.29. The van der Waals surface area contributed by atoms with E-state index in [1.165, 1.54) is 6.33 Å². The molecule has 0 aromatic carbocycles. The molecular weight excluding hydrogens is 292 g/mol. The summed E-state index contributed by atoms with van der Waals surface area (Å²) in [5, 5.41) is -0.264. The van der Waals surface area contributed by atoms with E-state index in [-0.39, 0.29) is 5.38 Å². The Morgan fingerprint density at radius 2 is 2.19 bits per heavy atom. The summed E-state index contributed by atoms with van der Waals surface area (Å²) in [7, 11) is 1.56. The van der Waals surface area contributed by atoms with Crippen molar-refractivity contribution in [2.75, 3.05) is 7.11 Å². The van der Waals surface area contributed by atoms with Crippen LogP contribution in [0.4, 0.5) is 0 Å². The zero-order valence-electron chi connectivity index (χ0n) is 12.0. The lowest BCUT2D eigenvalue weighted by Gasteiger charge is -2.08. The zero-order chi connectivity index (χ0) is 15.0. The molecule has 110 valence electrons. The van der Waals surface area contributed by atoms with Crippen molar-refractivity contribution < 1.29 is 9.15 Å². The molecule has 1 unspecified atom stereocenters. The maximum absolute atomic E-state index is 6.24. The first-order valence-electron chi connectivity index (χ1n) is 6.54. The highest BCUT2D eigenvalue weighted by Crippen LogP contribution is 2.28. The molecule has 1 atom stereocenters. The van der Waals surface area contributed by atoms with Gasteiger partial charge in [-0.2, -0.15) is 4.98 Å². The number of alkyl halides is 1. The Kier molecular flexibility index (Phi) is 3.55. The van der Waals surface area contributed by atoms with E-state index in [0.29, 0.717) is 29.4 Å². The van der Waals surface area contributed by atoms with E-state index < -0.39 is 0 Å². The van der Waals surface area contributed by atoms with Crippen LogP contribution in [-0.2, 0) is 6.54 Å². The van der Waals surface area contributed by atoms with Crippen LogP contribution in [0.3, 0.4) is 0 Å². The van der Waals surface area contributed by atoms with Crippen LogP contribution in [0.2, 0.25) is 0 Å². The topological polar surface area (TPSA) is 66.0 Å². The Morgan fingerprint density at radius 3 is 2.81 bits per heavy atom. The largest absolute Gasteiger partial charge is 0.479 e. The fraction of sp³-hybridized carbons (Fsp3) is 0.357. The molecule has 0 fully saturated rings. The Labute approximate surface area is 126 Å². The number of hydrogen-bond donors (Lipinski definition) is 0. The summed E-state index contributed by atoms with van der Waals surface area (Å²) in [5.41, 5.74) is 1.28. The quantitative estimate of drug-likeness (QED) is 0.693. The van der Waals surface area contributed by atoms with E-state index in [9.17, 15) is 0 Å². The number of halogens is 1. The maximum Gasteiger partial charge on any atom is 0.245 e. The van der Waals surface area contributed by atoms with Crippen molar-refractivity contribution in [2.45, 2.75) is 25.8 Å². The lowest BCUT2D eigenvalue weighted by molar-refractivity contribution is 0.401. The summed E-state index contributed by atoms with van der Waals surface area (Å²) in [6.07, 6.45) is 1.45. The average molecular weight is 307 g/mol. The van der Waals surface area contributed by atoms with Crippen molar-refractivity contribution in [3.63, 3.8) is 0 Å². The van der Waals surface area contributed by atoms with E-state index in [1.807, 2.05) is 30.5 Å². The molecule has 0 aliphatic rings. The lowest BCUT2D eigenvalue weighted by atomic mass is 10.4. The van der Waals surface area contributed by atoms with E-state index in [4.69, 9.17) is 20.8 Å². The van der Waals surface area contributed by atoms with Crippen LogP contribution >= 0.6 is 11.6 Å². The first kappa shape index (κ1) is 13.9. The Morgan fingerprint density at radius 1 is 1.38 bits per heavy atom. The summed E-state index contributed by atoms with van der Waals surface area (Å²) < 4.78 is 12.8. The van der Waals surface area contributed by atoms with E-state index >= 15 is 0 Å². The Bertz CT molecular complexity index is 778. The highest BCUT2D eigenvalue weighted by molar-refractivity contribution is 6.20. The second-order valence-electron chi connectivity index (χ2n) is 4.74. The predicted octanol–water partition coefficient (Wildman–Crippen LogP) is 3.08. The minimum atomic E-state index is -0.264.